The van der Waals surface area contributed by atoms with Gasteiger partial charge in [0.1, 0.15) is 28.7 Å². The van der Waals surface area contributed by atoms with Crippen LogP contribution in [0.5, 0.6) is 0 Å². The Hall–Kier alpha value is -3.74. The Kier molecular flexibility index (Phi) is 4.60. The highest BCUT2D eigenvalue weighted by Gasteiger charge is 2.30. The molecule has 28 heavy (non-hydrogen) atoms. The first-order valence-electron chi connectivity index (χ1n) is 7.57. The first-order valence-corrected chi connectivity index (χ1v) is 7.57. The molecule has 0 aliphatic carbocycles. The number of H-pyrrole nitrogens is 1. The van der Waals surface area contributed by atoms with Gasteiger partial charge in [-0.05, 0) is 31.2 Å². The quantitative estimate of drug-likeness (QED) is 0.422. The molecule has 10 heteroatoms. The van der Waals surface area contributed by atoms with Crippen LogP contribution in [0.4, 0.5) is 22.0 Å². The molecular weight excluding hydrogens is 385 g/mol. The molecule has 3 aromatic rings. The van der Waals surface area contributed by atoms with Crippen molar-refractivity contribution in [2.75, 3.05) is 0 Å². The molecule has 0 spiro atoms. The van der Waals surface area contributed by atoms with Gasteiger partial charge in [-0.15, -0.1) is 0 Å². The molecule has 5 nitrogen and oxygen atoms in total. The summed E-state index contributed by atoms with van der Waals surface area (Å²) >= 11 is 0. The summed E-state index contributed by atoms with van der Waals surface area (Å²) in [5.74, 6) is -9.47. The van der Waals surface area contributed by atoms with Gasteiger partial charge < -0.3 is 0 Å². The van der Waals surface area contributed by atoms with Crippen molar-refractivity contribution < 1.29 is 26.7 Å². The lowest BCUT2D eigenvalue weighted by Gasteiger charge is -2.08. The minimum Gasteiger partial charge on any atom is -0.294 e. The van der Waals surface area contributed by atoms with Gasteiger partial charge in [0.05, 0.1) is 0 Å². The number of carbonyl (C=O) groups is 1. The highest BCUT2D eigenvalue weighted by Crippen LogP contribution is 2.26. The maximum absolute atomic E-state index is 14.2. The summed E-state index contributed by atoms with van der Waals surface area (Å²) < 4.78 is 69.3. The van der Waals surface area contributed by atoms with Gasteiger partial charge in [0, 0.05) is 11.3 Å². The van der Waals surface area contributed by atoms with Crippen molar-refractivity contribution in [3.63, 3.8) is 0 Å². The lowest BCUT2D eigenvalue weighted by molar-refractivity contribution is 0.103. The van der Waals surface area contributed by atoms with Crippen molar-refractivity contribution >= 4 is 5.78 Å². The van der Waals surface area contributed by atoms with E-state index in [0.717, 1.165) is 30.3 Å². The highest BCUT2D eigenvalue weighted by atomic mass is 19.2. The molecule has 3 rings (SSSR count). The van der Waals surface area contributed by atoms with Crippen molar-refractivity contribution in [1.82, 2.24) is 9.78 Å². The third kappa shape index (κ3) is 2.77. The van der Waals surface area contributed by atoms with Crippen LogP contribution in [0, 0.1) is 47.3 Å². The average molecular weight is 393 g/mol. The fourth-order valence-corrected chi connectivity index (χ4v) is 2.63. The van der Waals surface area contributed by atoms with Crippen LogP contribution < -0.4 is 5.56 Å². The maximum Gasteiger partial charge on any atom is 0.282 e. The number of aryl methyl sites for hydroxylation is 1. The van der Waals surface area contributed by atoms with E-state index in [4.69, 9.17) is 5.26 Å². The standard InChI is InChI=1S/C18H8F5N3O2/c1-7-11(17(27)8-2-4-9(19)5-3-8)18(28)26(25-7)16-14(22)12(20)10(6-24)13(21)15(16)23/h2-5,25H,1H3. The van der Waals surface area contributed by atoms with Gasteiger partial charge >= 0.3 is 0 Å². The van der Waals surface area contributed by atoms with Crippen LogP contribution in [0.2, 0.25) is 0 Å². The number of carbonyl (C=O) groups excluding carboxylic acids is 1. The molecule has 0 saturated heterocycles. The van der Waals surface area contributed by atoms with Crippen molar-refractivity contribution in [2.24, 2.45) is 0 Å². The third-order valence-electron chi connectivity index (χ3n) is 3.98. The molecule has 0 saturated carbocycles. The molecule has 0 unspecified atom stereocenters. The monoisotopic (exact) mass is 393 g/mol. The lowest BCUT2D eigenvalue weighted by Crippen LogP contribution is -2.24. The molecule has 0 radical (unpaired) electrons. The number of rotatable bonds is 3. The maximum atomic E-state index is 14.2. The SMILES string of the molecule is Cc1[nH]n(-c2c(F)c(F)c(C#N)c(F)c2F)c(=O)c1C(=O)c1ccc(F)cc1. The van der Waals surface area contributed by atoms with Gasteiger partial charge in [-0.1, -0.05) is 0 Å². The number of benzene rings is 2. The number of aromatic amines is 1. The Bertz CT molecular complexity index is 1190. The van der Waals surface area contributed by atoms with E-state index in [0.29, 0.717) is 0 Å². The number of nitrogens with zero attached hydrogens (tertiary/aromatic N) is 2. The smallest absolute Gasteiger partial charge is 0.282 e. The number of nitriles is 1. The Balaban J connectivity index is 2.24. The van der Waals surface area contributed by atoms with Crippen molar-refractivity contribution in [3.05, 3.63) is 86.1 Å². The molecule has 2 aromatic carbocycles. The van der Waals surface area contributed by atoms with Gasteiger partial charge in [-0.3, -0.25) is 14.7 Å². The minimum atomic E-state index is -1.99. The predicted octanol–water partition coefficient (Wildman–Crippen LogP) is 3.27. The normalized spacial score (nSPS) is 10.8. The van der Waals surface area contributed by atoms with Crippen LogP contribution >= 0.6 is 0 Å². The van der Waals surface area contributed by atoms with Crippen molar-refractivity contribution in [2.45, 2.75) is 6.92 Å². The molecule has 1 N–H and O–H groups in total. The number of hydrogen-bond acceptors (Lipinski definition) is 3. The molecule has 1 aromatic heterocycles. The Morgan fingerprint density at radius 1 is 1.00 bits per heavy atom. The number of nitrogens with one attached hydrogen (secondary N) is 1. The molecule has 142 valence electrons. The van der Waals surface area contributed by atoms with Crippen molar-refractivity contribution in [3.8, 4) is 11.8 Å². The first-order chi connectivity index (χ1) is 13.2. The fourth-order valence-electron chi connectivity index (χ4n) is 2.63. The van der Waals surface area contributed by atoms with Gasteiger partial charge in [0.2, 0.25) is 0 Å². The van der Waals surface area contributed by atoms with E-state index in [1.54, 1.807) is 0 Å². The summed E-state index contributed by atoms with van der Waals surface area (Å²) in [5, 5.41) is 10.8. The molecule has 0 aliphatic heterocycles. The van der Waals surface area contributed by atoms with Crippen molar-refractivity contribution in [1.29, 1.82) is 5.26 Å². The third-order valence-corrected chi connectivity index (χ3v) is 3.98. The molecule has 0 amide bonds. The number of aromatic nitrogens is 2. The van der Waals surface area contributed by atoms with Crippen LogP contribution in [0.3, 0.4) is 0 Å². The van der Waals surface area contributed by atoms with E-state index in [2.05, 4.69) is 5.10 Å². The summed E-state index contributed by atoms with van der Waals surface area (Å²) in [6.07, 6.45) is 0. The summed E-state index contributed by atoms with van der Waals surface area (Å²) in [6.45, 7) is 1.22. The topological polar surface area (TPSA) is 78.7 Å². The van der Waals surface area contributed by atoms with Gasteiger partial charge in [-0.25, -0.2) is 26.6 Å². The van der Waals surface area contributed by atoms with E-state index < -0.39 is 57.2 Å². The second kappa shape index (κ2) is 6.77. The largest absolute Gasteiger partial charge is 0.294 e. The van der Waals surface area contributed by atoms with Crippen LogP contribution in [0.15, 0.2) is 29.1 Å². The zero-order valence-electron chi connectivity index (χ0n) is 13.9. The Labute approximate surface area is 153 Å². The van der Waals surface area contributed by atoms with E-state index in [9.17, 15) is 31.5 Å². The predicted molar refractivity (Wildman–Crippen MR) is 85.5 cm³/mol. The van der Waals surface area contributed by atoms with E-state index in [-0.39, 0.29) is 15.9 Å². The lowest BCUT2D eigenvalue weighted by atomic mass is 10.0. The summed E-state index contributed by atoms with van der Waals surface area (Å²) in [4.78, 5) is 25.1. The summed E-state index contributed by atoms with van der Waals surface area (Å²) in [5.41, 5.74) is -5.02. The average Bonchev–Trinajstić information content (AvgIpc) is 2.95. The van der Waals surface area contributed by atoms with Crippen LogP contribution in [0.25, 0.3) is 5.69 Å². The van der Waals surface area contributed by atoms with E-state index >= 15 is 0 Å². The van der Waals surface area contributed by atoms with E-state index in [1.807, 2.05) is 0 Å². The van der Waals surface area contributed by atoms with Crippen LogP contribution in [-0.2, 0) is 0 Å². The van der Waals surface area contributed by atoms with Crippen LogP contribution in [-0.4, -0.2) is 15.6 Å². The zero-order valence-corrected chi connectivity index (χ0v) is 13.9. The Morgan fingerprint density at radius 2 is 1.54 bits per heavy atom. The number of halogens is 5. The first kappa shape index (κ1) is 19.0. The second-order valence-electron chi connectivity index (χ2n) is 5.68. The van der Waals surface area contributed by atoms with Gasteiger partial charge in [0.15, 0.2) is 29.1 Å². The molecule has 0 bridgehead atoms. The highest BCUT2D eigenvalue weighted by molar-refractivity contribution is 6.09. The fraction of sp³-hybridized carbons (Fsp3) is 0.0556. The number of ketones is 1. The zero-order chi connectivity index (χ0) is 20.7. The Morgan fingerprint density at radius 3 is 2.04 bits per heavy atom. The molecule has 0 aliphatic rings. The molecule has 1 heterocycles. The van der Waals surface area contributed by atoms with Crippen LogP contribution in [0.1, 0.15) is 27.2 Å². The van der Waals surface area contributed by atoms with Gasteiger partial charge in [-0.2, -0.15) is 5.26 Å². The number of hydrogen-bond donors (Lipinski definition) is 1. The molecule has 0 fully saturated rings. The summed E-state index contributed by atoms with van der Waals surface area (Å²) in [7, 11) is 0. The molecular formula is C18H8F5N3O2. The summed E-state index contributed by atoms with van der Waals surface area (Å²) in [6, 6.07) is 5.12. The van der Waals surface area contributed by atoms with Gasteiger partial charge in [0.25, 0.3) is 5.56 Å². The minimum absolute atomic E-state index is 0.0918. The van der Waals surface area contributed by atoms with E-state index in [1.165, 1.54) is 6.92 Å². The molecule has 0 atom stereocenters. The second-order valence-corrected chi connectivity index (χ2v) is 5.68.